The maximum atomic E-state index is 12.4. The number of hydrogen-bond donors (Lipinski definition) is 1. The van der Waals surface area contributed by atoms with E-state index in [9.17, 15) is 13.2 Å². The summed E-state index contributed by atoms with van der Waals surface area (Å²) in [7, 11) is -1.49. The van der Waals surface area contributed by atoms with Crippen molar-refractivity contribution >= 4 is 21.6 Å². The molecular formula is C19H25N5O3S. The smallest absolute Gasteiger partial charge is 0.238 e. The van der Waals surface area contributed by atoms with Gasteiger partial charge in [0.25, 0.3) is 0 Å². The Balaban J connectivity index is 1.46. The van der Waals surface area contributed by atoms with E-state index in [1.807, 2.05) is 30.3 Å². The minimum Gasteiger partial charge on any atom is -0.322 e. The molecule has 2 aliphatic heterocycles. The number of carbonyl (C=O) groups excluding carboxylic acids is 1. The highest BCUT2D eigenvalue weighted by atomic mass is 32.2. The molecule has 0 saturated carbocycles. The van der Waals surface area contributed by atoms with E-state index >= 15 is 0 Å². The fourth-order valence-corrected chi connectivity index (χ4v) is 5.67. The number of amides is 1. The lowest BCUT2D eigenvalue weighted by molar-refractivity contribution is -0.117. The maximum absolute atomic E-state index is 12.4. The van der Waals surface area contributed by atoms with Crippen molar-refractivity contribution in [3.05, 3.63) is 48.3 Å². The number of aryl methyl sites for hydroxylation is 1. The van der Waals surface area contributed by atoms with Crippen LogP contribution in [0, 0.1) is 11.8 Å². The van der Waals surface area contributed by atoms with Gasteiger partial charge in [-0.3, -0.25) is 14.4 Å². The third kappa shape index (κ3) is 3.82. The van der Waals surface area contributed by atoms with Crippen LogP contribution in [0.5, 0.6) is 0 Å². The van der Waals surface area contributed by atoms with Crippen molar-refractivity contribution in [2.24, 2.45) is 18.9 Å². The van der Waals surface area contributed by atoms with Crippen LogP contribution in [0.1, 0.15) is 11.6 Å². The van der Waals surface area contributed by atoms with Crippen LogP contribution in [-0.4, -0.2) is 65.7 Å². The second-order valence-electron chi connectivity index (χ2n) is 7.76. The number of likely N-dealkylation sites (tertiary alicyclic amines) is 1. The number of aromatic nitrogens is 2. The largest absolute Gasteiger partial charge is 0.322 e. The second kappa shape index (κ2) is 7.31. The summed E-state index contributed by atoms with van der Waals surface area (Å²) in [5, 5.41) is 6.91. The van der Waals surface area contributed by atoms with Crippen molar-refractivity contribution in [2.45, 2.75) is 6.04 Å². The topological polar surface area (TPSA) is 87.5 Å². The number of carbonyl (C=O) groups is 1. The first kappa shape index (κ1) is 19.1. The predicted molar refractivity (Wildman–Crippen MR) is 106 cm³/mol. The third-order valence-corrected chi connectivity index (χ3v) is 6.85. The van der Waals surface area contributed by atoms with Gasteiger partial charge >= 0.3 is 0 Å². The molecule has 9 heteroatoms. The normalized spacial score (nSPS) is 25.7. The standard InChI is InChI=1S/C19H25N5O3S/c1-22-11-16(8-20-22)21-18(25)13-23-9-15-10-24(28(2,26)27)19(17(15)12-23)14-6-4-3-5-7-14/h3-8,11,15,17,19H,9-10,12-13H2,1-2H3,(H,21,25)/t15-,17-,19+/m1/s1. The lowest BCUT2D eigenvalue weighted by Crippen LogP contribution is -2.37. The Labute approximate surface area is 165 Å². The number of fused-ring (bicyclic) bond motifs is 1. The molecule has 2 aliphatic rings. The van der Waals surface area contributed by atoms with E-state index in [0.717, 1.165) is 12.1 Å². The van der Waals surface area contributed by atoms with Crippen molar-refractivity contribution < 1.29 is 13.2 Å². The molecule has 2 saturated heterocycles. The van der Waals surface area contributed by atoms with Gasteiger partial charge in [0.05, 0.1) is 30.7 Å². The van der Waals surface area contributed by atoms with E-state index in [2.05, 4.69) is 15.3 Å². The van der Waals surface area contributed by atoms with Crippen LogP contribution in [0.4, 0.5) is 5.69 Å². The van der Waals surface area contributed by atoms with Gasteiger partial charge in [-0.25, -0.2) is 8.42 Å². The summed E-state index contributed by atoms with van der Waals surface area (Å²) in [5.41, 5.74) is 1.69. The van der Waals surface area contributed by atoms with E-state index in [1.165, 1.54) is 6.26 Å². The van der Waals surface area contributed by atoms with Gasteiger partial charge in [0.2, 0.25) is 15.9 Å². The molecule has 1 amide bonds. The van der Waals surface area contributed by atoms with Crippen molar-refractivity contribution in [1.29, 1.82) is 0 Å². The van der Waals surface area contributed by atoms with E-state index < -0.39 is 10.0 Å². The predicted octanol–water partition coefficient (Wildman–Crippen LogP) is 0.923. The van der Waals surface area contributed by atoms with Gasteiger partial charge in [-0.1, -0.05) is 30.3 Å². The quantitative estimate of drug-likeness (QED) is 0.802. The molecule has 2 fully saturated rings. The molecule has 2 aromatic rings. The van der Waals surface area contributed by atoms with Crippen molar-refractivity contribution in [3.63, 3.8) is 0 Å². The van der Waals surface area contributed by atoms with Gasteiger partial charge in [0.1, 0.15) is 0 Å². The summed E-state index contributed by atoms with van der Waals surface area (Å²) in [6, 6.07) is 9.62. The molecule has 0 spiro atoms. The highest BCUT2D eigenvalue weighted by molar-refractivity contribution is 7.88. The summed E-state index contributed by atoms with van der Waals surface area (Å²) < 4.78 is 28.0. The lowest BCUT2D eigenvalue weighted by atomic mass is 9.90. The minimum atomic E-state index is -3.29. The van der Waals surface area contributed by atoms with E-state index in [4.69, 9.17) is 0 Å². The number of sulfonamides is 1. The number of anilines is 1. The second-order valence-corrected chi connectivity index (χ2v) is 9.69. The van der Waals surface area contributed by atoms with E-state index in [-0.39, 0.29) is 23.8 Å². The number of nitrogens with zero attached hydrogens (tertiary/aromatic N) is 4. The molecule has 0 radical (unpaired) electrons. The molecule has 8 nitrogen and oxygen atoms in total. The number of benzene rings is 1. The number of rotatable bonds is 5. The van der Waals surface area contributed by atoms with Crippen LogP contribution in [-0.2, 0) is 21.9 Å². The lowest BCUT2D eigenvalue weighted by Gasteiger charge is -2.28. The Morgan fingerprint density at radius 3 is 2.61 bits per heavy atom. The molecule has 0 aliphatic carbocycles. The molecule has 3 atom stereocenters. The molecule has 28 heavy (non-hydrogen) atoms. The highest BCUT2D eigenvalue weighted by Crippen LogP contribution is 2.45. The molecule has 0 unspecified atom stereocenters. The Kier molecular flexibility index (Phi) is 4.98. The van der Waals surface area contributed by atoms with Gasteiger partial charge in [-0.15, -0.1) is 0 Å². The van der Waals surface area contributed by atoms with E-state index in [1.54, 1.807) is 28.4 Å². The number of hydrogen-bond acceptors (Lipinski definition) is 5. The fourth-order valence-electron chi connectivity index (χ4n) is 4.52. The van der Waals surface area contributed by atoms with Gasteiger partial charge in [0, 0.05) is 32.9 Å². The maximum Gasteiger partial charge on any atom is 0.238 e. The summed E-state index contributed by atoms with van der Waals surface area (Å²) in [6.07, 6.45) is 4.65. The molecular weight excluding hydrogens is 378 g/mol. The first-order valence-electron chi connectivity index (χ1n) is 9.34. The Morgan fingerprint density at radius 1 is 1.21 bits per heavy atom. The first-order chi connectivity index (χ1) is 13.3. The summed E-state index contributed by atoms with van der Waals surface area (Å²) in [5.74, 6) is 0.332. The summed E-state index contributed by atoms with van der Waals surface area (Å²) in [4.78, 5) is 14.5. The molecule has 150 valence electrons. The van der Waals surface area contributed by atoms with Crippen molar-refractivity contribution in [1.82, 2.24) is 19.0 Å². The fraction of sp³-hybridized carbons (Fsp3) is 0.474. The average molecular weight is 404 g/mol. The zero-order chi connectivity index (χ0) is 19.9. The molecule has 1 aromatic carbocycles. The van der Waals surface area contributed by atoms with Crippen LogP contribution < -0.4 is 5.32 Å². The molecule has 3 heterocycles. The Morgan fingerprint density at radius 2 is 1.96 bits per heavy atom. The van der Waals surface area contributed by atoms with Crippen LogP contribution in [0.25, 0.3) is 0 Å². The Bertz CT molecular complexity index is 959. The van der Waals surface area contributed by atoms with Gasteiger partial charge in [-0.2, -0.15) is 9.40 Å². The monoisotopic (exact) mass is 403 g/mol. The molecule has 1 aromatic heterocycles. The van der Waals surface area contributed by atoms with Gasteiger partial charge < -0.3 is 5.32 Å². The zero-order valence-corrected chi connectivity index (χ0v) is 16.8. The summed E-state index contributed by atoms with van der Waals surface area (Å²) in [6.45, 7) is 2.23. The SMILES string of the molecule is Cn1cc(NC(=O)CN2C[C@@H]3CN(S(C)(=O)=O)[C@@H](c4ccccc4)[C@@H]3C2)cn1. The van der Waals surface area contributed by atoms with Gasteiger partial charge in [0.15, 0.2) is 0 Å². The summed E-state index contributed by atoms with van der Waals surface area (Å²) >= 11 is 0. The van der Waals surface area contributed by atoms with E-state index in [0.29, 0.717) is 25.3 Å². The minimum absolute atomic E-state index is 0.0794. The molecule has 0 bridgehead atoms. The Hall–Kier alpha value is -2.23. The van der Waals surface area contributed by atoms with Crippen molar-refractivity contribution in [2.75, 3.05) is 37.8 Å². The third-order valence-electron chi connectivity index (χ3n) is 5.62. The molecule has 1 N–H and O–H groups in total. The van der Waals surface area contributed by atoms with Gasteiger partial charge in [-0.05, 0) is 17.4 Å². The van der Waals surface area contributed by atoms with Crippen molar-refractivity contribution in [3.8, 4) is 0 Å². The zero-order valence-electron chi connectivity index (χ0n) is 16.0. The first-order valence-corrected chi connectivity index (χ1v) is 11.2. The number of nitrogens with one attached hydrogen (secondary N) is 1. The average Bonchev–Trinajstić information content (AvgIpc) is 3.29. The van der Waals surface area contributed by atoms with Crippen LogP contribution >= 0.6 is 0 Å². The van der Waals surface area contributed by atoms with Crippen LogP contribution in [0.15, 0.2) is 42.7 Å². The molecule has 4 rings (SSSR count). The van der Waals surface area contributed by atoms with Crippen LogP contribution in [0.2, 0.25) is 0 Å². The van der Waals surface area contributed by atoms with Crippen LogP contribution in [0.3, 0.4) is 0 Å². The highest BCUT2D eigenvalue weighted by Gasteiger charge is 2.50.